The van der Waals surface area contributed by atoms with Gasteiger partial charge in [0.2, 0.25) is 0 Å². The van der Waals surface area contributed by atoms with Crippen LogP contribution in [-0.4, -0.2) is 13.2 Å². The Kier molecular flexibility index (Phi) is 4.89. The molecular weight excluding hydrogens is 252 g/mol. The number of nitrogen functional groups attached to an aromatic ring is 2. The summed E-state index contributed by atoms with van der Waals surface area (Å²) in [7, 11) is 0. The molecule has 0 atom stereocenters. The molecule has 4 N–H and O–H groups in total. The van der Waals surface area contributed by atoms with Crippen LogP contribution in [0.25, 0.3) is 0 Å². The molecule has 2 rings (SSSR count). The fraction of sp³-hybridized carbons (Fsp3) is 0.125. The highest BCUT2D eigenvalue weighted by molar-refractivity contribution is 5.42. The van der Waals surface area contributed by atoms with Crippen molar-refractivity contribution in [2.45, 2.75) is 0 Å². The maximum absolute atomic E-state index is 5.59. The average Bonchev–Trinajstić information content (AvgIpc) is 2.46. The molecule has 0 aliphatic heterocycles. The maximum atomic E-state index is 5.59. The van der Waals surface area contributed by atoms with Crippen LogP contribution in [0.3, 0.4) is 0 Å². The zero-order valence-electron chi connectivity index (χ0n) is 11.2. The topological polar surface area (TPSA) is 70.5 Å². The summed E-state index contributed by atoms with van der Waals surface area (Å²) in [5.41, 5.74) is 12.6. The van der Waals surface area contributed by atoms with Crippen molar-refractivity contribution in [3.8, 4) is 11.5 Å². The molecule has 0 aliphatic carbocycles. The number of ether oxygens (including phenoxy) is 2. The lowest BCUT2D eigenvalue weighted by molar-refractivity contribution is 0.350. The van der Waals surface area contributed by atoms with Gasteiger partial charge in [-0.05, 0) is 60.7 Å². The monoisotopic (exact) mass is 270 g/mol. The summed E-state index contributed by atoms with van der Waals surface area (Å²) in [4.78, 5) is 0. The summed E-state index contributed by atoms with van der Waals surface area (Å²) in [6.07, 6.45) is 3.82. The normalized spacial score (nSPS) is 10.6. The van der Waals surface area contributed by atoms with Gasteiger partial charge >= 0.3 is 0 Å². The van der Waals surface area contributed by atoms with E-state index in [0.717, 1.165) is 22.9 Å². The van der Waals surface area contributed by atoms with Crippen molar-refractivity contribution in [3.05, 3.63) is 60.7 Å². The van der Waals surface area contributed by atoms with Crippen LogP contribution in [0.1, 0.15) is 0 Å². The zero-order valence-corrected chi connectivity index (χ0v) is 11.2. The second-order valence-corrected chi connectivity index (χ2v) is 4.23. The molecule has 2 aromatic carbocycles. The molecule has 0 heterocycles. The molecule has 0 unspecified atom stereocenters. The minimum atomic E-state index is 0.495. The van der Waals surface area contributed by atoms with Crippen LogP contribution in [0.5, 0.6) is 11.5 Å². The predicted octanol–water partition coefficient (Wildman–Crippen LogP) is 2.87. The molecule has 0 spiro atoms. The average molecular weight is 270 g/mol. The van der Waals surface area contributed by atoms with E-state index in [9.17, 15) is 0 Å². The summed E-state index contributed by atoms with van der Waals surface area (Å²) >= 11 is 0. The SMILES string of the molecule is Nc1ccc(OCC=CCOc2ccc(N)cc2)cc1. The van der Waals surface area contributed by atoms with E-state index in [1.807, 2.05) is 60.7 Å². The van der Waals surface area contributed by atoms with Crippen LogP contribution in [-0.2, 0) is 0 Å². The molecule has 0 radical (unpaired) electrons. The first-order valence-corrected chi connectivity index (χ1v) is 6.36. The Balaban J connectivity index is 1.67. The highest BCUT2D eigenvalue weighted by Crippen LogP contribution is 2.13. The van der Waals surface area contributed by atoms with E-state index in [0.29, 0.717) is 13.2 Å². The molecule has 0 aromatic heterocycles. The second kappa shape index (κ2) is 7.09. The van der Waals surface area contributed by atoms with E-state index in [4.69, 9.17) is 20.9 Å². The van der Waals surface area contributed by atoms with Crippen LogP contribution < -0.4 is 20.9 Å². The Labute approximate surface area is 118 Å². The molecule has 0 saturated carbocycles. The van der Waals surface area contributed by atoms with E-state index >= 15 is 0 Å². The standard InChI is InChI=1S/C16H18N2O2/c17-13-3-7-15(8-4-13)19-11-1-2-12-20-16-9-5-14(18)6-10-16/h1-10H,11-12,17-18H2. The molecule has 20 heavy (non-hydrogen) atoms. The summed E-state index contributed by atoms with van der Waals surface area (Å²) in [5, 5.41) is 0. The first-order valence-electron chi connectivity index (χ1n) is 6.36. The molecule has 4 heteroatoms. The molecular formula is C16H18N2O2. The number of hydrogen-bond acceptors (Lipinski definition) is 4. The molecule has 4 nitrogen and oxygen atoms in total. The maximum Gasteiger partial charge on any atom is 0.119 e. The fourth-order valence-corrected chi connectivity index (χ4v) is 1.55. The van der Waals surface area contributed by atoms with Crippen LogP contribution in [0.4, 0.5) is 11.4 Å². The van der Waals surface area contributed by atoms with Gasteiger partial charge in [0.25, 0.3) is 0 Å². The van der Waals surface area contributed by atoms with Gasteiger partial charge < -0.3 is 20.9 Å². The van der Waals surface area contributed by atoms with Crippen molar-refractivity contribution < 1.29 is 9.47 Å². The highest BCUT2D eigenvalue weighted by Gasteiger charge is 1.92. The van der Waals surface area contributed by atoms with Gasteiger partial charge in [-0.25, -0.2) is 0 Å². The van der Waals surface area contributed by atoms with Gasteiger partial charge in [0.05, 0.1) is 0 Å². The Hall–Kier alpha value is -2.62. The van der Waals surface area contributed by atoms with Crippen molar-refractivity contribution in [2.24, 2.45) is 0 Å². The number of anilines is 2. The quantitative estimate of drug-likeness (QED) is 0.625. The summed E-state index contributed by atoms with van der Waals surface area (Å²) in [6, 6.07) is 14.6. The van der Waals surface area contributed by atoms with Gasteiger partial charge in [0.1, 0.15) is 24.7 Å². The van der Waals surface area contributed by atoms with E-state index in [1.54, 1.807) is 0 Å². The van der Waals surface area contributed by atoms with Crippen LogP contribution >= 0.6 is 0 Å². The first kappa shape index (κ1) is 13.8. The third-order valence-corrected chi connectivity index (χ3v) is 2.62. The summed E-state index contributed by atoms with van der Waals surface area (Å²) in [5.74, 6) is 1.59. The Morgan fingerprint density at radius 2 is 1.00 bits per heavy atom. The predicted molar refractivity (Wildman–Crippen MR) is 81.8 cm³/mol. The number of hydrogen-bond donors (Lipinski definition) is 2. The van der Waals surface area contributed by atoms with Gasteiger partial charge in [0.15, 0.2) is 0 Å². The Morgan fingerprint density at radius 1 is 0.650 bits per heavy atom. The lowest BCUT2D eigenvalue weighted by Gasteiger charge is -2.04. The molecule has 0 fully saturated rings. The third kappa shape index (κ3) is 4.57. The van der Waals surface area contributed by atoms with Crippen molar-refractivity contribution in [1.29, 1.82) is 0 Å². The molecule has 0 amide bonds. The van der Waals surface area contributed by atoms with Gasteiger partial charge in [-0.3, -0.25) is 0 Å². The van der Waals surface area contributed by atoms with Crippen molar-refractivity contribution >= 4 is 11.4 Å². The van der Waals surface area contributed by atoms with Crippen LogP contribution in [0, 0.1) is 0 Å². The van der Waals surface area contributed by atoms with Gasteiger partial charge in [-0.15, -0.1) is 0 Å². The second-order valence-electron chi connectivity index (χ2n) is 4.23. The molecule has 104 valence electrons. The molecule has 0 saturated heterocycles. The molecule has 0 bridgehead atoms. The lowest BCUT2D eigenvalue weighted by Crippen LogP contribution is -1.97. The summed E-state index contributed by atoms with van der Waals surface area (Å²) in [6.45, 7) is 0.990. The minimum Gasteiger partial charge on any atom is -0.490 e. The van der Waals surface area contributed by atoms with E-state index in [1.165, 1.54) is 0 Å². The van der Waals surface area contributed by atoms with Gasteiger partial charge in [-0.1, -0.05) is 0 Å². The van der Waals surface area contributed by atoms with Gasteiger partial charge in [0, 0.05) is 11.4 Å². The first-order chi connectivity index (χ1) is 9.74. The number of nitrogens with two attached hydrogens (primary N) is 2. The van der Waals surface area contributed by atoms with Crippen molar-refractivity contribution in [1.82, 2.24) is 0 Å². The molecule has 2 aromatic rings. The minimum absolute atomic E-state index is 0.495. The largest absolute Gasteiger partial charge is 0.490 e. The van der Waals surface area contributed by atoms with Crippen LogP contribution in [0.2, 0.25) is 0 Å². The van der Waals surface area contributed by atoms with E-state index in [2.05, 4.69) is 0 Å². The highest BCUT2D eigenvalue weighted by atomic mass is 16.5. The van der Waals surface area contributed by atoms with Crippen molar-refractivity contribution in [3.63, 3.8) is 0 Å². The number of rotatable bonds is 6. The smallest absolute Gasteiger partial charge is 0.119 e. The zero-order chi connectivity index (χ0) is 14.2. The third-order valence-electron chi connectivity index (χ3n) is 2.62. The Morgan fingerprint density at radius 3 is 1.35 bits per heavy atom. The molecule has 0 aliphatic rings. The van der Waals surface area contributed by atoms with E-state index < -0.39 is 0 Å². The van der Waals surface area contributed by atoms with E-state index in [-0.39, 0.29) is 0 Å². The van der Waals surface area contributed by atoms with Crippen LogP contribution in [0.15, 0.2) is 60.7 Å². The van der Waals surface area contributed by atoms with Crippen molar-refractivity contribution in [2.75, 3.05) is 24.7 Å². The Bertz CT molecular complexity index is 496. The van der Waals surface area contributed by atoms with Gasteiger partial charge in [-0.2, -0.15) is 0 Å². The summed E-state index contributed by atoms with van der Waals surface area (Å²) < 4.78 is 11.0. The lowest BCUT2D eigenvalue weighted by atomic mass is 10.3. The number of benzene rings is 2. The fourth-order valence-electron chi connectivity index (χ4n) is 1.55.